The summed E-state index contributed by atoms with van der Waals surface area (Å²) < 4.78 is 5.57. The fourth-order valence-corrected chi connectivity index (χ4v) is 4.95. The van der Waals surface area contributed by atoms with Crippen LogP contribution in [0.4, 0.5) is 5.69 Å². The molecule has 5 nitrogen and oxygen atoms in total. The van der Waals surface area contributed by atoms with Gasteiger partial charge >= 0.3 is 0 Å². The van der Waals surface area contributed by atoms with Gasteiger partial charge < -0.3 is 15.4 Å². The van der Waals surface area contributed by atoms with Gasteiger partial charge in [-0.1, -0.05) is 30.3 Å². The minimum Gasteiger partial charge on any atom is -0.495 e. The van der Waals surface area contributed by atoms with Gasteiger partial charge in [-0.05, 0) is 42.8 Å². The lowest BCUT2D eigenvalue weighted by Gasteiger charge is -2.47. The molecule has 2 N–H and O–H groups in total. The molecule has 2 heterocycles. The molecule has 1 saturated heterocycles. The van der Waals surface area contributed by atoms with E-state index in [-0.39, 0.29) is 0 Å². The Bertz CT molecular complexity index is 816. The highest BCUT2D eigenvalue weighted by atomic mass is 16.5. The van der Waals surface area contributed by atoms with Crippen molar-refractivity contribution in [2.24, 2.45) is 5.73 Å². The molecule has 2 aromatic carbocycles. The summed E-state index contributed by atoms with van der Waals surface area (Å²) in [5, 5.41) is 0. The SMILES string of the molecule is COc1ccccc1N1CCN(C2CN(C)C(CN)c3cccc(C)c32)CC1. The molecule has 0 spiro atoms. The Kier molecular flexibility index (Phi) is 5.58. The maximum Gasteiger partial charge on any atom is 0.142 e. The molecule has 4 rings (SSSR count). The Labute approximate surface area is 168 Å². The molecule has 0 aromatic heterocycles. The van der Waals surface area contributed by atoms with Gasteiger partial charge in [0, 0.05) is 51.4 Å². The van der Waals surface area contributed by atoms with Gasteiger partial charge in [-0.2, -0.15) is 0 Å². The summed E-state index contributed by atoms with van der Waals surface area (Å²) in [6.45, 7) is 8.09. The standard InChI is InChI=1S/C23H32N4O/c1-17-7-6-8-18-20(15-24)25(2)16-21(23(17)18)27-13-11-26(12-14-27)19-9-4-5-10-22(19)28-3/h4-10,20-21H,11-16,24H2,1-3H3. The smallest absolute Gasteiger partial charge is 0.142 e. The third kappa shape index (κ3) is 3.39. The number of benzene rings is 2. The van der Waals surface area contributed by atoms with Gasteiger partial charge in [0.05, 0.1) is 12.8 Å². The van der Waals surface area contributed by atoms with Gasteiger partial charge in [-0.15, -0.1) is 0 Å². The zero-order chi connectivity index (χ0) is 19.7. The molecule has 1 fully saturated rings. The number of nitrogens with zero attached hydrogens (tertiary/aromatic N) is 3. The maximum atomic E-state index is 6.12. The average Bonchev–Trinajstić information content (AvgIpc) is 2.73. The minimum absolute atomic E-state index is 0.320. The van der Waals surface area contributed by atoms with Crippen LogP contribution in [0.3, 0.4) is 0 Å². The summed E-state index contributed by atoms with van der Waals surface area (Å²) in [5.41, 5.74) is 11.6. The number of rotatable bonds is 4. The Morgan fingerprint density at radius 2 is 1.79 bits per heavy atom. The minimum atomic E-state index is 0.320. The molecule has 28 heavy (non-hydrogen) atoms. The molecule has 2 aromatic rings. The van der Waals surface area contributed by atoms with Crippen molar-refractivity contribution in [1.29, 1.82) is 0 Å². The van der Waals surface area contributed by atoms with Crippen LogP contribution in [0.5, 0.6) is 5.75 Å². The number of methoxy groups -OCH3 is 1. The molecule has 2 unspecified atom stereocenters. The van der Waals surface area contributed by atoms with E-state index in [1.54, 1.807) is 7.11 Å². The Hall–Kier alpha value is -2.08. The number of para-hydroxylation sites is 2. The van der Waals surface area contributed by atoms with Crippen molar-refractivity contribution >= 4 is 5.69 Å². The average molecular weight is 381 g/mol. The first-order valence-electron chi connectivity index (χ1n) is 10.3. The molecular weight excluding hydrogens is 348 g/mol. The topological polar surface area (TPSA) is 45.0 Å². The number of hydrogen-bond donors (Lipinski definition) is 1. The highest BCUT2D eigenvalue weighted by molar-refractivity contribution is 5.58. The van der Waals surface area contributed by atoms with Crippen molar-refractivity contribution in [2.45, 2.75) is 19.0 Å². The number of fused-ring (bicyclic) bond motifs is 1. The second kappa shape index (κ2) is 8.11. The van der Waals surface area contributed by atoms with Crippen LogP contribution in [0.2, 0.25) is 0 Å². The summed E-state index contributed by atoms with van der Waals surface area (Å²) in [4.78, 5) is 7.53. The summed E-state index contributed by atoms with van der Waals surface area (Å²) in [6.07, 6.45) is 0. The summed E-state index contributed by atoms with van der Waals surface area (Å²) in [7, 11) is 3.96. The van der Waals surface area contributed by atoms with E-state index in [0.717, 1.165) is 38.5 Å². The molecule has 2 aliphatic rings. The molecule has 2 aliphatic heterocycles. The first-order valence-corrected chi connectivity index (χ1v) is 10.3. The van der Waals surface area contributed by atoms with Gasteiger partial charge in [-0.25, -0.2) is 0 Å². The molecule has 0 radical (unpaired) electrons. The predicted molar refractivity (Wildman–Crippen MR) is 115 cm³/mol. The van der Waals surface area contributed by atoms with E-state index in [1.165, 1.54) is 22.4 Å². The third-order valence-electron chi connectivity index (χ3n) is 6.45. The van der Waals surface area contributed by atoms with Crippen molar-refractivity contribution < 1.29 is 4.74 Å². The van der Waals surface area contributed by atoms with Gasteiger partial charge in [0.2, 0.25) is 0 Å². The zero-order valence-electron chi connectivity index (χ0n) is 17.3. The van der Waals surface area contributed by atoms with E-state index < -0.39 is 0 Å². The molecular formula is C23H32N4O. The summed E-state index contributed by atoms with van der Waals surface area (Å²) in [6, 6.07) is 15.8. The number of anilines is 1. The molecule has 150 valence electrons. The van der Waals surface area contributed by atoms with Crippen LogP contribution in [-0.2, 0) is 0 Å². The van der Waals surface area contributed by atoms with E-state index in [2.05, 4.69) is 59.0 Å². The third-order valence-corrected chi connectivity index (χ3v) is 6.45. The van der Waals surface area contributed by atoms with Gasteiger partial charge in [0.25, 0.3) is 0 Å². The highest BCUT2D eigenvalue weighted by Crippen LogP contribution is 2.39. The molecule has 5 heteroatoms. The van der Waals surface area contributed by atoms with Gasteiger partial charge in [-0.3, -0.25) is 9.80 Å². The van der Waals surface area contributed by atoms with Crippen LogP contribution >= 0.6 is 0 Å². The normalized spacial score (nSPS) is 23.5. The molecule has 0 aliphatic carbocycles. The number of likely N-dealkylation sites (N-methyl/N-ethyl adjacent to an activating group) is 1. The number of aryl methyl sites for hydroxylation is 1. The van der Waals surface area contributed by atoms with Crippen molar-refractivity contribution in [3.63, 3.8) is 0 Å². The van der Waals surface area contributed by atoms with E-state index in [9.17, 15) is 0 Å². The fraction of sp³-hybridized carbons (Fsp3) is 0.478. The predicted octanol–water partition coefficient (Wildman–Crippen LogP) is 2.81. The maximum absolute atomic E-state index is 6.12. The Morgan fingerprint density at radius 3 is 2.50 bits per heavy atom. The van der Waals surface area contributed by atoms with Crippen LogP contribution < -0.4 is 15.4 Å². The first kappa shape index (κ1) is 19.2. The van der Waals surface area contributed by atoms with Crippen molar-refractivity contribution in [3.05, 3.63) is 59.2 Å². The highest BCUT2D eigenvalue weighted by Gasteiger charge is 2.35. The first-order chi connectivity index (χ1) is 13.6. The fourth-order valence-electron chi connectivity index (χ4n) is 4.95. The lowest BCUT2D eigenvalue weighted by Crippen LogP contribution is -2.52. The molecule has 0 amide bonds. The monoisotopic (exact) mass is 380 g/mol. The summed E-state index contributed by atoms with van der Waals surface area (Å²) in [5.74, 6) is 0.959. The van der Waals surface area contributed by atoms with E-state index >= 15 is 0 Å². The molecule has 2 atom stereocenters. The van der Waals surface area contributed by atoms with E-state index in [1.807, 2.05) is 12.1 Å². The van der Waals surface area contributed by atoms with Crippen molar-refractivity contribution in [2.75, 3.05) is 58.3 Å². The van der Waals surface area contributed by atoms with Crippen LogP contribution in [0.25, 0.3) is 0 Å². The number of ether oxygens (including phenoxy) is 1. The van der Waals surface area contributed by atoms with Crippen LogP contribution in [-0.4, -0.2) is 63.2 Å². The van der Waals surface area contributed by atoms with Crippen molar-refractivity contribution in [1.82, 2.24) is 9.80 Å². The van der Waals surface area contributed by atoms with E-state index in [4.69, 9.17) is 10.5 Å². The number of hydrogen-bond acceptors (Lipinski definition) is 5. The van der Waals surface area contributed by atoms with Gasteiger partial charge in [0.15, 0.2) is 0 Å². The lowest BCUT2D eigenvalue weighted by molar-refractivity contribution is 0.106. The van der Waals surface area contributed by atoms with Crippen LogP contribution in [0, 0.1) is 6.92 Å². The lowest BCUT2D eigenvalue weighted by atomic mass is 9.85. The zero-order valence-corrected chi connectivity index (χ0v) is 17.3. The largest absolute Gasteiger partial charge is 0.495 e. The van der Waals surface area contributed by atoms with Crippen molar-refractivity contribution in [3.8, 4) is 5.75 Å². The Morgan fingerprint density at radius 1 is 1.04 bits per heavy atom. The second-order valence-electron chi connectivity index (χ2n) is 7.98. The second-order valence-corrected chi connectivity index (χ2v) is 7.98. The Balaban J connectivity index is 1.55. The summed E-state index contributed by atoms with van der Waals surface area (Å²) >= 11 is 0. The van der Waals surface area contributed by atoms with Crippen LogP contribution in [0.1, 0.15) is 28.8 Å². The number of nitrogens with two attached hydrogens (primary N) is 1. The van der Waals surface area contributed by atoms with Gasteiger partial charge in [0.1, 0.15) is 5.75 Å². The molecule has 0 bridgehead atoms. The van der Waals surface area contributed by atoms with E-state index in [0.29, 0.717) is 18.6 Å². The quantitative estimate of drug-likeness (QED) is 0.884. The number of piperazine rings is 1. The molecule has 0 saturated carbocycles. The van der Waals surface area contributed by atoms with Crippen LogP contribution in [0.15, 0.2) is 42.5 Å².